The van der Waals surface area contributed by atoms with E-state index in [1.807, 2.05) is 0 Å². The molecule has 0 aliphatic carbocycles. The van der Waals surface area contributed by atoms with Crippen LogP contribution >= 0.6 is 22.9 Å². The molecule has 3 aromatic rings. The third-order valence-corrected chi connectivity index (χ3v) is 6.54. The fraction of sp³-hybridized carbons (Fsp3) is 0.174. The number of esters is 1. The van der Waals surface area contributed by atoms with Crippen LogP contribution in [-0.2, 0) is 9.53 Å². The number of nitro groups is 1. The first-order valence-corrected chi connectivity index (χ1v) is 11.3. The van der Waals surface area contributed by atoms with Crippen molar-refractivity contribution in [2.24, 2.45) is 4.99 Å². The highest BCUT2D eigenvalue weighted by atomic mass is 35.5. The Hall–Kier alpha value is -3.76. The number of rotatable bonds is 5. The summed E-state index contributed by atoms with van der Waals surface area (Å²) in [5.41, 5.74) is 0.569. The molecule has 1 aromatic heterocycles. The molecule has 0 spiro atoms. The van der Waals surface area contributed by atoms with Crippen LogP contribution in [0.2, 0.25) is 5.02 Å². The number of hydrogen-bond donors (Lipinski definition) is 1. The number of carbonyl (C=O) groups is 1. The Kier molecular flexibility index (Phi) is 6.36. The molecular weight excluding hydrogens is 482 g/mol. The van der Waals surface area contributed by atoms with Gasteiger partial charge in [-0.2, -0.15) is 0 Å². The number of fused-ring (bicyclic) bond motifs is 1. The van der Waals surface area contributed by atoms with E-state index in [0.717, 1.165) is 11.3 Å². The zero-order valence-corrected chi connectivity index (χ0v) is 19.6. The summed E-state index contributed by atoms with van der Waals surface area (Å²) in [6, 6.07) is 9.86. The van der Waals surface area contributed by atoms with E-state index in [0.29, 0.717) is 26.6 Å². The number of carbonyl (C=O) groups excluding carboxylic acids is 1. The van der Waals surface area contributed by atoms with Gasteiger partial charge in [0.25, 0.3) is 5.56 Å². The van der Waals surface area contributed by atoms with Crippen LogP contribution < -0.4 is 14.9 Å². The molecule has 34 heavy (non-hydrogen) atoms. The van der Waals surface area contributed by atoms with Crippen molar-refractivity contribution in [1.82, 2.24) is 4.57 Å². The summed E-state index contributed by atoms with van der Waals surface area (Å²) in [4.78, 5) is 41.7. The van der Waals surface area contributed by atoms with Gasteiger partial charge in [-0.1, -0.05) is 47.2 Å². The first-order chi connectivity index (χ1) is 16.2. The number of halogens is 1. The highest BCUT2D eigenvalue weighted by molar-refractivity contribution is 7.07. The molecule has 1 aliphatic rings. The van der Waals surface area contributed by atoms with E-state index in [1.54, 1.807) is 38.1 Å². The van der Waals surface area contributed by atoms with Crippen molar-refractivity contribution >= 4 is 40.7 Å². The monoisotopic (exact) mass is 499 g/mol. The maximum Gasteiger partial charge on any atom is 0.338 e. The average molecular weight is 500 g/mol. The number of aromatic nitrogens is 1. The van der Waals surface area contributed by atoms with Gasteiger partial charge in [0.05, 0.1) is 27.3 Å². The van der Waals surface area contributed by atoms with E-state index >= 15 is 0 Å². The van der Waals surface area contributed by atoms with Gasteiger partial charge >= 0.3 is 11.7 Å². The molecule has 174 valence electrons. The zero-order chi connectivity index (χ0) is 24.6. The van der Waals surface area contributed by atoms with Gasteiger partial charge in [-0.05, 0) is 43.2 Å². The van der Waals surface area contributed by atoms with Crippen LogP contribution in [0.4, 0.5) is 5.69 Å². The second kappa shape index (κ2) is 9.24. The van der Waals surface area contributed by atoms with Gasteiger partial charge < -0.3 is 9.84 Å². The number of phenols is 1. The van der Waals surface area contributed by atoms with Crippen LogP contribution in [0, 0.1) is 10.1 Å². The van der Waals surface area contributed by atoms with Gasteiger partial charge in [-0.25, -0.2) is 9.79 Å². The summed E-state index contributed by atoms with van der Waals surface area (Å²) < 4.78 is 6.87. The first kappa shape index (κ1) is 23.4. The maximum atomic E-state index is 13.5. The number of nitrogens with zero attached hydrogens (tertiary/aromatic N) is 3. The fourth-order valence-electron chi connectivity index (χ4n) is 3.71. The van der Waals surface area contributed by atoms with Crippen molar-refractivity contribution in [3.8, 4) is 5.75 Å². The molecule has 1 aliphatic heterocycles. The number of thiazole rings is 1. The summed E-state index contributed by atoms with van der Waals surface area (Å²) >= 11 is 7.53. The minimum absolute atomic E-state index is 0.148. The summed E-state index contributed by atoms with van der Waals surface area (Å²) in [7, 11) is 0. The Bertz CT molecular complexity index is 1540. The smallest absolute Gasteiger partial charge is 0.338 e. The van der Waals surface area contributed by atoms with Crippen LogP contribution in [0.15, 0.2) is 63.5 Å². The molecule has 1 atom stereocenters. The fourth-order valence-corrected chi connectivity index (χ4v) is 5.00. The molecule has 1 N–H and O–H groups in total. The summed E-state index contributed by atoms with van der Waals surface area (Å²) in [6.07, 6.45) is 1.48. The molecule has 2 aromatic carbocycles. The largest absolute Gasteiger partial charge is 0.502 e. The van der Waals surface area contributed by atoms with Crippen LogP contribution in [0.3, 0.4) is 0 Å². The maximum absolute atomic E-state index is 13.5. The molecule has 0 amide bonds. The van der Waals surface area contributed by atoms with Crippen LogP contribution in [0.25, 0.3) is 6.08 Å². The lowest BCUT2D eigenvalue weighted by Crippen LogP contribution is -2.40. The van der Waals surface area contributed by atoms with Gasteiger partial charge in [0, 0.05) is 11.1 Å². The van der Waals surface area contributed by atoms with Crippen molar-refractivity contribution in [2.75, 3.05) is 6.61 Å². The molecule has 0 unspecified atom stereocenters. The molecule has 9 nitrogen and oxygen atoms in total. The minimum atomic E-state index is -0.861. The van der Waals surface area contributed by atoms with Gasteiger partial charge in [-0.15, -0.1) is 0 Å². The van der Waals surface area contributed by atoms with Gasteiger partial charge in [0.1, 0.15) is 6.04 Å². The van der Waals surface area contributed by atoms with Crippen LogP contribution in [-0.4, -0.2) is 27.2 Å². The molecular formula is C23H18ClN3O6S. The molecule has 0 bridgehead atoms. The van der Waals surface area contributed by atoms with Crippen molar-refractivity contribution in [3.63, 3.8) is 0 Å². The van der Waals surface area contributed by atoms with E-state index < -0.39 is 33.9 Å². The number of hydrogen-bond acceptors (Lipinski definition) is 8. The molecule has 11 heteroatoms. The molecule has 2 heterocycles. The van der Waals surface area contributed by atoms with Gasteiger partial charge in [0.2, 0.25) is 0 Å². The first-order valence-electron chi connectivity index (χ1n) is 10.1. The Morgan fingerprint density at radius 3 is 2.76 bits per heavy atom. The number of allylic oxidation sites excluding steroid dienone is 1. The predicted molar refractivity (Wildman–Crippen MR) is 127 cm³/mol. The Labute approximate surface area is 201 Å². The quantitative estimate of drug-likeness (QED) is 0.327. The summed E-state index contributed by atoms with van der Waals surface area (Å²) in [6.45, 7) is 3.50. The van der Waals surface area contributed by atoms with E-state index in [2.05, 4.69) is 4.99 Å². The Morgan fingerprint density at radius 1 is 1.35 bits per heavy atom. The lowest BCUT2D eigenvalue weighted by Gasteiger charge is -2.25. The highest BCUT2D eigenvalue weighted by Gasteiger charge is 2.34. The van der Waals surface area contributed by atoms with Crippen LogP contribution in [0.5, 0.6) is 5.75 Å². The van der Waals surface area contributed by atoms with E-state index in [4.69, 9.17) is 16.3 Å². The Morgan fingerprint density at radius 2 is 2.09 bits per heavy atom. The molecule has 0 saturated heterocycles. The topological polar surface area (TPSA) is 124 Å². The zero-order valence-electron chi connectivity index (χ0n) is 18.0. The van der Waals surface area contributed by atoms with Crippen molar-refractivity contribution in [3.05, 3.63) is 99.7 Å². The van der Waals surface area contributed by atoms with Crippen molar-refractivity contribution in [2.45, 2.75) is 19.9 Å². The standard InChI is InChI=1S/C23H18ClN3O6S/c1-3-33-22(30)19-12(2)25-23-26(20(19)14-6-4-5-7-15(14)24)21(29)18(34-23)11-13-8-9-17(28)16(10-13)27(31)32/h4-11,20,28H,3H2,1-2H3/b18-11+/t20-/m1/s1. The van der Waals surface area contributed by atoms with E-state index in [9.17, 15) is 24.8 Å². The third kappa shape index (κ3) is 4.13. The molecule has 0 saturated carbocycles. The lowest BCUT2D eigenvalue weighted by molar-refractivity contribution is -0.385. The number of nitro benzene ring substituents is 1. The second-order valence-electron chi connectivity index (χ2n) is 7.33. The average Bonchev–Trinajstić information content (AvgIpc) is 3.09. The lowest BCUT2D eigenvalue weighted by atomic mass is 9.96. The summed E-state index contributed by atoms with van der Waals surface area (Å²) in [5, 5.41) is 21.2. The normalized spacial score (nSPS) is 15.6. The van der Waals surface area contributed by atoms with E-state index in [1.165, 1.54) is 28.8 Å². The highest BCUT2D eigenvalue weighted by Crippen LogP contribution is 2.34. The number of phenolic OH excluding ortho intramolecular Hbond substituents is 1. The molecule has 0 fully saturated rings. The van der Waals surface area contributed by atoms with Crippen molar-refractivity contribution < 1.29 is 19.6 Å². The summed E-state index contributed by atoms with van der Waals surface area (Å²) in [5.74, 6) is -1.07. The number of aromatic hydroxyl groups is 1. The number of ether oxygens (including phenoxy) is 1. The van der Waals surface area contributed by atoms with Crippen molar-refractivity contribution in [1.29, 1.82) is 0 Å². The van der Waals surface area contributed by atoms with Gasteiger partial charge in [0.15, 0.2) is 10.6 Å². The molecule has 4 rings (SSSR count). The van der Waals surface area contributed by atoms with Gasteiger partial charge in [-0.3, -0.25) is 19.5 Å². The van der Waals surface area contributed by atoms with E-state index in [-0.39, 0.29) is 16.7 Å². The minimum Gasteiger partial charge on any atom is -0.502 e. The van der Waals surface area contributed by atoms with Crippen LogP contribution in [0.1, 0.15) is 31.0 Å². The Balaban J connectivity index is 1.97. The second-order valence-corrected chi connectivity index (χ2v) is 8.75. The third-order valence-electron chi connectivity index (χ3n) is 5.21. The SMILES string of the molecule is CCOC(=O)C1=C(C)N=c2s/c(=C/c3ccc(O)c([N+](=O)[O-])c3)c(=O)n2[C@@H]1c1ccccc1Cl. The number of benzene rings is 2. The molecule has 0 radical (unpaired) electrons. The predicted octanol–water partition coefficient (Wildman–Crippen LogP) is 3.07.